The van der Waals surface area contributed by atoms with Crippen molar-refractivity contribution in [3.05, 3.63) is 82.9 Å². The highest BCUT2D eigenvalue weighted by Crippen LogP contribution is 2.27. The van der Waals surface area contributed by atoms with Gasteiger partial charge in [0.1, 0.15) is 6.54 Å². The van der Waals surface area contributed by atoms with E-state index in [0.717, 1.165) is 15.4 Å². The van der Waals surface area contributed by atoms with Crippen molar-refractivity contribution < 1.29 is 21.6 Å². The molecule has 1 N–H and O–H groups in total. The molecule has 0 aliphatic rings. The zero-order valence-electron chi connectivity index (χ0n) is 21.1. The number of nitrogens with one attached hydrogen (secondary N) is 1. The number of aryl methyl sites for hydroxylation is 2. The van der Waals surface area contributed by atoms with Crippen LogP contribution in [0.3, 0.4) is 0 Å². The summed E-state index contributed by atoms with van der Waals surface area (Å²) < 4.78 is 54.9. The van der Waals surface area contributed by atoms with E-state index < -0.39 is 32.5 Å². The van der Waals surface area contributed by atoms with Crippen LogP contribution in [0.5, 0.6) is 0 Å². The minimum atomic E-state index is -4.10. The van der Waals surface area contributed by atoms with Crippen molar-refractivity contribution in [2.45, 2.75) is 37.5 Å². The van der Waals surface area contributed by atoms with Gasteiger partial charge in [-0.1, -0.05) is 31.5 Å². The molecule has 0 unspecified atom stereocenters. The summed E-state index contributed by atoms with van der Waals surface area (Å²) in [6.07, 6.45) is 0. The molecule has 0 saturated carbocycles. The standard InChI is InChI=1S/C26H30ClN3O5S2/c1-5-29(6-2)36(32,33)24-15-10-22(11-16-24)28-26(31)18-30(23-12-7-19(3)20(4)17-23)37(34,35)25-13-8-21(27)9-14-25/h7-17H,5-6,18H2,1-4H3,(H,28,31). The lowest BCUT2D eigenvalue weighted by atomic mass is 10.1. The van der Waals surface area contributed by atoms with E-state index in [1.807, 2.05) is 13.8 Å². The van der Waals surface area contributed by atoms with E-state index in [1.165, 1.54) is 52.8 Å². The fourth-order valence-corrected chi connectivity index (χ4v) is 6.68. The van der Waals surface area contributed by atoms with Crippen molar-refractivity contribution in [3.63, 3.8) is 0 Å². The maximum Gasteiger partial charge on any atom is 0.264 e. The van der Waals surface area contributed by atoms with E-state index in [0.29, 0.717) is 29.5 Å². The molecule has 0 heterocycles. The molecule has 11 heteroatoms. The second-order valence-electron chi connectivity index (χ2n) is 8.40. The Balaban J connectivity index is 1.89. The van der Waals surface area contributed by atoms with E-state index in [4.69, 9.17) is 11.6 Å². The Bertz CT molecular complexity index is 1470. The van der Waals surface area contributed by atoms with E-state index in [-0.39, 0.29) is 9.79 Å². The van der Waals surface area contributed by atoms with Crippen LogP contribution in [-0.2, 0) is 24.8 Å². The molecule has 3 aromatic rings. The van der Waals surface area contributed by atoms with Crippen molar-refractivity contribution in [2.75, 3.05) is 29.3 Å². The zero-order chi connectivity index (χ0) is 27.4. The van der Waals surface area contributed by atoms with Gasteiger partial charge >= 0.3 is 0 Å². The first-order valence-corrected chi connectivity index (χ1v) is 14.9. The highest BCUT2D eigenvalue weighted by atomic mass is 35.5. The molecule has 0 bridgehead atoms. The van der Waals surface area contributed by atoms with Crippen molar-refractivity contribution in [1.82, 2.24) is 4.31 Å². The zero-order valence-corrected chi connectivity index (χ0v) is 23.5. The van der Waals surface area contributed by atoms with Gasteiger partial charge < -0.3 is 5.32 Å². The summed E-state index contributed by atoms with van der Waals surface area (Å²) in [6.45, 7) is 7.48. The van der Waals surface area contributed by atoms with Gasteiger partial charge in [-0.3, -0.25) is 9.10 Å². The number of amides is 1. The van der Waals surface area contributed by atoms with Crippen LogP contribution < -0.4 is 9.62 Å². The third-order valence-electron chi connectivity index (χ3n) is 5.95. The van der Waals surface area contributed by atoms with E-state index in [9.17, 15) is 21.6 Å². The summed E-state index contributed by atoms with van der Waals surface area (Å²) in [6, 6.07) is 16.6. The second kappa shape index (κ2) is 11.6. The van der Waals surface area contributed by atoms with Gasteiger partial charge in [0, 0.05) is 23.8 Å². The molecule has 0 aliphatic heterocycles. The SMILES string of the molecule is CCN(CC)S(=O)(=O)c1ccc(NC(=O)CN(c2ccc(C)c(C)c2)S(=O)(=O)c2ccc(Cl)cc2)cc1. The van der Waals surface area contributed by atoms with Gasteiger partial charge in [-0.25, -0.2) is 16.8 Å². The quantitative estimate of drug-likeness (QED) is 0.381. The number of benzene rings is 3. The molecular weight excluding hydrogens is 534 g/mol. The van der Waals surface area contributed by atoms with Crippen LogP contribution >= 0.6 is 11.6 Å². The average molecular weight is 564 g/mol. The van der Waals surface area contributed by atoms with Gasteiger partial charge in [-0.05, 0) is 85.6 Å². The van der Waals surface area contributed by atoms with Crippen LogP contribution in [0.15, 0.2) is 76.5 Å². The number of rotatable bonds is 10. The van der Waals surface area contributed by atoms with Gasteiger partial charge in [0.25, 0.3) is 10.0 Å². The van der Waals surface area contributed by atoms with Crippen molar-refractivity contribution in [1.29, 1.82) is 0 Å². The molecule has 0 aliphatic carbocycles. The fraction of sp³-hybridized carbons (Fsp3) is 0.269. The maximum atomic E-state index is 13.5. The normalized spacial score (nSPS) is 11.9. The Kier molecular flexibility index (Phi) is 9.01. The summed E-state index contributed by atoms with van der Waals surface area (Å²) in [5, 5.41) is 3.05. The maximum absolute atomic E-state index is 13.5. The van der Waals surface area contributed by atoms with Crippen LogP contribution in [0.2, 0.25) is 5.02 Å². The largest absolute Gasteiger partial charge is 0.325 e. The van der Waals surface area contributed by atoms with E-state index in [2.05, 4.69) is 5.32 Å². The van der Waals surface area contributed by atoms with Crippen LogP contribution in [0.25, 0.3) is 0 Å². The smallest absolute Gasteiger partial charge is 0.264 e. The van der Waals surface area contributed by atoms with Crippen LogP contribution in [0, 0.1) is 13.8 Å². The highest BCUT2D eigenvalue weighted by Gasteiger charge is 2.28. The topological polar surface area (TPSA) is 104 Å². The molecule has 198 valence electrons. The predicted molar refractivity (Wildman–Crippen MR) is 147 cm³/mol. The number of sulfonamides is 2. The Morgan fingerprint density at radius 3 is 1.86 bits per heavy atom. The number of carbonyl (C=O) groups is 1. The molecule has 0 spiro atoms. The molecule has 0 fully saturated rings. The third-order valence-corrected chi connectivity index (χ3v) is 10.1. The molecule has 37 heavy (non-hydrogen) atoms. The molecule has 8 nitrogen and oxygen atoms in total. The minimum absolute atomic E-state index is 0.00566. The molecule has 0 aromatic heterocycles. The summed E-state index contributed by atoms with van der Waals surface area (Å²) in [4.78, 5) is 13.1. The predicted octanol–water partition coefficient (Wildman–Crippen LogP) is 4.82. The molecule has 3 aromatic carbocycles. The fourth-order valence-electron chi connectivity index (χ4n) is 3.68. The first-order chi connectivity index (χ1) is 17.4. The third kappa shape index (κ3) is 6.51. The average Bonchev–Trinajstić information content (AvgIpc) is 2.85. The van der Waals surface area contributed by atoms with Crippen LogP contribution in [0.4, 0.5) is 11.4 Å². The minimum Gasteiger partial charge on any atom is -0.325 e. The highest BCUT2D eigenvalue weighted by molar-refractivity contribution is 7.92. The Labute approximate surface area is 224 Å². The molecule has 0 radical (unpaired) electrons. The molecule has 3 rings (SSSR count). The number of carbonyl (C=O) groups excluding carboxylic acids is 1. The summed E-state index contributed by atoms with van der Waals surface area (Å²) >= 11 is 5.93. The Hall–Kier alpha value is -2.92. The van der Waals surface area contributed by atoms with Crippen molar-refractivity contribution in [2.24, 2.45) is 0 Å². The first kappa shape index (κ1) is 28.6. The molecule has 0 saturated heterocycles. The van der Waals surface area contributed by atoms with Gasteiger partial charge in [-0.2, -0.15) is 4.31 Å². The van der Waals surface area contributed by atoms with Crippen LogP contribution in [-0.4, -0.2) is 46.7 Å². The first-order valence-electron chi connectivity index (χ1n) is 11.7. The Morgan fingerprint density at radius 2 is 1.32 bits per heavy atom. The monoisotopic (exact) mass is 563 g/mol. The van der Waals surface area contributed by atoms with Gasteiger partial charge in [-0.15, -0.1) is 0 Å². The molecule has 0 atom stereocenters. The Morgan fingerprint density at radius 1 is 0.784 bits per heavy atom. The van der Waals surface area contributed by atoms with E-state index in [1.54, 1.807) is 32.0 Å². The van der Waals surface area contributed by atoms with Crippen molar-refractivity contribution in [3.8, 4) is 0 Å². The van der Waals surface area contributed by atoms with Crippen molar-refractivity contribution >= 4 is 48.9 Å². The number of anilines is 2. The van der Waals surface area contributed by atoms with Gasteiger partial charge in [0.05, 0.1) is 15.5 Å². The van der Waals surface area contributed by atoms with Gasteiger partial charge in [0.15, 0.2) is 0 Å². The summed E-state index contributed by atoms with van der Waals surface area (Å²) in [7, 11) is -7.74. The van der Waals surface area contributed by atoms with Crippen LogP contribution in [0.1, 0.15) is 25.0 Å². The second-order valence-corrected chi connectivity index (χ2v) is 12.6. The van der Waals surface area contributed by atoms with Gasteiger partial charge in [0.2, 0.25) is 15.9 Å². The summed E-state index contributed by atoms with van der Waals surface area (Å²) in [5.74, 6) is -0.588. The van der Waals surface area contributed by atoms with E-state index >= 15 is 0 Å². The lowest BCUT2D eigenvalue weighted by Crippen LogP contribution is -2.38. The molecular formula is C26H30ClN3O5S2. The lowest BCUT2D eigenvalue weighted by molar-refractivity contribution is -0.114. The number of halogens is 1. The molecule has 1 amide bonds. The number of hydrogen-bond donors (Lipinski definition) is 1. The summed E-state index contributed by atoms with van der Waals surface area (Å²) in [5.41, 5.74) is 2.54. The number of nitrogens with zero attached hydrogens (tertiary/aromatic N) is 2. The number of hydrogen-bond acceptors (Lipinski definition) is 5. The lowest BCUT2D eigenvalue weighted by Gasteiger charge is -2.25.